The minimum atomic E-state index is -4.01. The zero-order valence-corrected chi connectivity index (χ0v) is 21.5. The molecule has 2 heterocycles. The van der Waals surface area contributed by atoms with Crippen molar-refractivity contribution in [1.82, 2.24) is 4.90 Å². The number of hydrogen-bond donors (Lipinski definition) is 1. The first-order valence-electron chi connectivity index (χ1n) is 13.0. The highest BCUT2D eigenvalue weighted by Crippen LogP contribution is 2.36. The average molecular weight is 514 g/mol. The molecule has 3 rings (SSSR count). The van der Waals surface area contributed by atoms with E-state index in [0.717, 1.165) is 36.1 Å². The number of aliphatic hydroxyl groups is 1. The highest BCUT2D eigenvalue weighted by molar-refractivity contribution is 7.92. The molecule has 2 fully saturated rings. The third kappa shape index (κ3) is 7.40. The fourth-order valence-electron chi connectivity index (χ4n) is 4.97. The lowest BCUT2D eigenvalue weighted by Crippen LogP contribution is -2.67. The number of fused-ring (bicyclic) bond motifs is 1. The molecule has 1 aromatic carbocycles. The van der Waals surface area contributed by atoms with Gasteiger partial charge in [0.15, 0.2) is 21.4 Å². The molecule has 0 aliphatic carbocycles. The largest absolute Gasteiger partial charge is 0.447 e. The van der Waals surface area contributed by atoms with Crippen LogP contribution in [0.25, 0.3) is 0 Å². The summed E-state index contributed by atoms with van der Waals surface area (Å²) in [6.07, 6.45) is 4.75. The van der Waals surface area contributed by atoms with Crippen molar-refractivity contribution in [2.24, 2.45) is 0 Å². The van der Waals surface area contributed by atoms with Crippen LogP contribution < -0.4 is 0 Å². The van der Waals surface area contributed by atoms with Crippen molar-refractivity contribution >= 4 is 15.9 Å². The van der Waals surface area contributed by atoms with Crippen molar-refractivity contribution in [3.05, 3.63) is 35.9 Å². The second kappa shape index (κ2) is 13.6. The number of alkyl halides is 1. The standard InChI is InChI=1S/C26H40FNO6S/c1-2-3-4-5-6-7-8-9-10-14-17-35(31,32)25-22(27)24(33-18-20-15-12-11-13-16-20)23(29)21-19-34-26(30)28(21)25/h11-13,15-16,21-25,29H,2-10,14,17-19H2,1H3/t21-,22-,23-,24-,25-/m1/s1. The Morgan fingerprint density at radius 1 is 1.03 bits per heavy atom. The summed E-state index contributed by atoms with van der Waals surface area (Å²) >= 11 is 0. The summed E-state index contributed by atoms with van der Waals surface area (Å²) in [6, 6.07) is 8.11. The van der Waals surface area contributed by atoms with Gasteiger partial charge in [-0.25, -0.2) is 17.6 Å². The molecule has 1 aromatic rings. The number of nitrogens with zero attached hydrogens (tertiary/aromatic N) is 1. The fourth-order valence-corrected chi connectivity index (χ4v) is 6.95. The zero-order chi connectivity index (χ0) is 25.3. The maximum Gasteiger partial charge on any atom is 0.411 e. The van der Waals surface area contributed by atoms with E-state index in [1.165, 1.54) is 32.1 Å². The summed E-state index contributed by atoms with van der Waals surface area (Å²) in [4.78, 5) is 13.2. The first-order chi connectivity index (χ1) is 16.9. The van der Waals surface area contributed by atoms with Crippen LogP contribution in [0.3, 0.4) is 0 Å². The van der Waals surface area contributed by atoms with Crippen LogP contribution in [-0.2, 0) is 25.9 Å². The molecule has 7 nitrogen and oxygen atoms in total. The predicted octanol–water partition coefficient (Wildman–Crippen LogP) is 4.77. The van der Waals surface area contributed by atoms with Crippen LogP contribution in [-0.4, -0.2) is 66.7 Å². The number of benzene rings is 1. The predicted molar refractivity (Wildman–Crippen MR) is 132 cm³/mol. The third-order valence-corrected chi connectivity index (χ3v) is 9.05. The van der Waals surface area contributed by atoms with Crippen LogP contribution in [0.2, 0.25) is 0 Å². The quantitative estimate of drug-likeness (QED) is 0.340. The van der Waals surface area contributed by atoms with Gasteiger partial charge >= 0.3 is 6.09 Å². The molecule has 5 atom stereocenters. The molecule has 1 amide bonds. The second-order valence-electron chi connectivity index (χ2n) is 9.69. The first-order valence-corrected chi connectivity index (χ1v) is 14.7. The van der Waals surface area contributed by atoms with Crippen LogP contribution in [0.5, 0.6) is 0 Å². The number of rotatable bonds is 15. The Bertz CT molecular complexity index is 883. The molecule has 1 N–H and O–H groups in total. The number of aliphatic hydroxyl groups excluding tert-OH is 1. The van der Waals surface area contributed by atoms with Crippen molar-refractivity contribution in [2.45, 2.75) is 108 Å². The van der Waals surface area contributed by atoms with Crippen LogP contribution in [0.15, 0.2) is 30.3 Å². The first kappa shape index (κ1) is 27.9. The molecule has 0 radical (unpaired) electrons. The normalized spacial score (nSPS) is 26.5. The molecule has 0 spiro atoms. The molecule has 198 valence electrons. The number of amides is 1. The molecule has 2 saturated heterocycles. The van der Waals surface area contributed by atoms with Gasteiger partial charge in [-0.15, -0.1) is 0 Å². The van der Waals surface area contributed by atoms with E-state index >= 15 is 4.39 Å². The van der Waals surface area contributed by atoms with Crippen LogP contribution in [0.1, 0.15) is 76.7 Å². The Hall–Kier alpha value is -1.71. The van der Waals surface area contributed by atoms with E-state index in [1.807, 2.05) is 18.2 Å². The highest BCUT2D eigenvalue weighted by atomic mass is 32.2. The van der Waals surface area contributed by atoms with Crippen molar-refractivity contribution in [2.75, 3.05) is 12.4 Å². The van der Waals surface area contributed by atoms with Crippen LogP contribution in [0, 0.1) is 0 Å². The number of carbonyl (C=O) groups excluding carboxylic acids is 1. The lowest BCUT2D eigenvalue weighted by atomic mass is 9.95. The molecular weight excluding hydrogens is 473 g/mol. The van der Waals surface area contributed by atoms with E-state index < -0.39 is 45.7 Å². The Morgan fingerprint density at radius 2 is 1.63 bits per heavy atom. The van der Waals surface area contributed by atoms with E-state index in [2.05, 4.69) is 6.92 Å². The molecular formula is C26H40FNO6S. The Balaban J connectivity index is 1.56. The van der Waals surface area contributed by atoms with Crippen molar-refractivity contribution in [1.29, 1.82) is 0 Å². The minimum Gasteiger partial charge on any atom is -0.447 e. The van der Waals surface area contributed by atoms with E-state index in [0.29, 0.717) is 6.42 Å². The lowest BCUT2D eigenvalue weighted by molar-refractivity contribution is -0.137. The number of ether oxygens (including phenoxy) is 2. The van der Waals surface area contributed by atoms with Crippen molar-refractivity contribution < 1.29 is 32.2 Å². The van der Waals surface area contributed by atoms with Gasteiger partial charge in [-0.05, 0) is 12.0 Å². The minimum absolute atomic E-state index is 0.0235. The number of halogens is 1. The maximum atomic E-state index is 15.7. The smallest absolute Gasteiger partial charge is 0.411 e. The average Bonchev–Trinajstić information content (AvgIpc) is 3.22. The summed E-state index contributed by atoms with van der Waals surface area (Å²) in [5.74, 6) is -0.216. The summed E-state index contributed by atoms with van der Waals surface area (Å²) in [7, 11) is -4.01. The Kier molecular flexibility index (Phi) is 10.8. The number of carbonyl (C=O) groups is 1. The molecule has 0 unspecified atom stereocenters. The number of sulfone groups is 1. The van der Waals surface area contributed by atoms with Crippen LogP contribution >= 0.6 is 0 Å². The van der Waals surface area contributed by atoms with Gasteiger partial charge in [0.2, 0.25) is 0 Å². The molecule has 0 bridgehead atoms. The molecule has 35 heavy (non-hydrogen) atoms. The van der Waals surface area contributed by atoms with Crippen LogP contribution in [0.4, 0.5) is 9.18 Å². The Morgan fingerprint density at radius 3 is 2.26 bits per heavy atom. The van der Waals surface area contributed by atoms with Crippen molar-refractivity contribution in [3.63, 3.8) is 0 Å². The highest BCUT2D eigenvalue weighted by Gasteiger charge is 2.59. The second-order valence-corrected chi connectivity index (χ2v) is 11.9. The zero-order valence-electron chi connectivity index (χ0n) is 20.7. The van der Waals surface area contributed by atoms with E-state index in [1.54, 1.807) is 12.1 Å². The van der Waals surface area contributed by atoms with Gasteiger partial charge in [0, 0.05) is 0 Å². The lowest BCUT2D eigenvalue weighted by Gasteiger charge is -2.44. The Labute approximate surface area is 208 Å². The SMILES string of the molecule is CCCCCCCCCCCCS(=O)(=O)[C@@H]1[C@H](F)[C@@H](OCc2ccccc2)[C@H](O)[C@H]2COC(=O)N21. The van der Waals surface area contributed by atoms with Gasteiger partial charge in [0.25, 0.3) is 0 Å². The summed E-state index contributed by atoms with van der Waals surface area (Å²) in [5.41, 5.74) is 0.776. The monoisotopic (exact) mass is 513 g/mol. The molecule has 0 saturated carbocycles. The molecule has 2 aliphatic rings. The van der Waals surface area contributed by atoms with Gasteiger partial charge in [0.05, 0.1) is 18.4 Å². The summed E-state index contributed by atoms with van der Waals surface area (Å²) in [6.45, 7) is 2.03. The third-order valence-electron chi connectivity index (χ3n) is 6.97. The molecule has 9 heteroatoms. The molecule has 2 aliphatic heterocycles. The van der Waals surface area contributed by atoms with Gasteiger partial charge in [-0.2, -0.15) is 0 Å². The van der Waals surface area contributed by atoms with E-state index in [9.17, 15) is 18.3 Å². The van der Waals surface area contributed by atoms with E-state index in [4.69, 9.17) is 9.47 Å². The summed E-state index contributed by atoms with van der Waals surface area (Å²) in [5, 5.41) is 9.00. The van der Waals surface area contributed by atoms with Gasteiger partial charge in [-0.1, -0.05) is 95.0 Å². The van der Waals surface area contributed by atoms with Crippen molar-refractivity contribution in [3.8, 4) is 0 Å². The van der Waals surface area contributed by atoms with Gasteiger partial charge in [-0.3, -0.25) is 4.90 Å². The van der Waals surface area contributed by atoms with Gasteiger partial charge in [0.1, 0.15) is 18.8 Å². The summed E-state index contributed by atoms with van der Waals surface area (Å²) < 4.78 is 52.8. The maximum absolute atomic E-state index is 15.7. The number of piperidine rings is 1. The molecule has 0 aromatic heterocycles. The van der Waals surface area contributed by atoms with Gasteiger partial charge < -0.3 is 14.6 Å². The number of unbranched alkanes of at least 4 members (excludes halogenated alkanes) is 9. The fraction of sp³-hybridized carbons (Fsp3) is 0.731. The number of cyclic esters (lactones) is 1. The topological polar surface area (TPSA) is 93.1 Å². The van der Waals surface area contributed by atoms with E-state index in [-0.39, 0.29) is 19.0 Å². The number of hydrogen-bond acceptors (Lipinski definition) is 6.